The molecule has 0 heterocycles. The zero-order valence-corrected chi connectivity index (χ0v) is 4.51. The highest BCUT2D eigenvalue weighted by atomic mass is 16.3. The molecule has 1 aliphatic rings. The predicted octanol–water partition coefficient (Wildman–Crippen LogP) is 0.957. The van der Waals surface area contributed by atoms with Crippen LogP contribution >= 0.6 is 0 Å². The van der Waals surface area contributed by atoms with Crippen molar-refractivity contribution in [2.45, 2.75) is 6.92 Å². The first kappa shape index (κ1) is 5.09. The summed E-state index contributed by atoms with van der Waals surface area (Å²) in [5.41, 5.74) is 0.648. The van der Waals surface area contributed by atoms with Gasteiger partial charge in [-0.05, 0) is 18.6 Å². The summed E-state index contributed by atoms with van der Waals surface area (Å²) in [6.07, 6.45) is 2.95. The van der Waals surface area contributed by atoms with Gasteiger partial charge in [0.15, 0.2) is 5.76 Å². The maximum absolute atomic E-state index is 10.4. The van der Waals surface area contributed by atoms with Crippen molar-refractivity contribution in [3.63, 3.8) is 0 Å². The Balaban J connectivity index is 3.02. The van der Waals surface area contributed by atoms with E-state index in [9.17, 15) is 4.79 Å². The van der Waals surface area contributed by atoms with Crippen molar-refractivity contribution in [3.05, 3.63) is 23.5 Å². The molecule has 0 spiro atoms. The highest BCUT2D eigenvalue weighted by Gasteiger charge is 2.11. The molecule has 2 heteroatoms. The Labute approximate surface area is 47.1 Å². The summed E-state index contributed by atoms with van der Waals surface area (Å²) < 4.78 is 0. The van der Waals surface area contributed by atoms with E-state index in [1.807, 2.05) is 0 Å². The first-order valence-corrected chi connectivity index (χ1v) is 2.34. The van der Waals surface area contributed by atoms with Gasteiger partial charge < -0.3 is 5.11 Å². The van der Waals surface area contributed by atoms with E-state index in [1.54, 1.807) is 13.0 Å². The number of rotatable bonds is 0. The molecular weight excluding hydrogens is 104 g/mol. The minimum Gasteiger partial charge on any atom is -0.504 e. The van der Waals surface area contributed by atoms with E-state index < -0.39 is 0 Å². The maximum Gasteiger partial charge on any atom is 0.220 e. The lowest BCUT2D eigenvalue weighted by atomic mass is 10.3. The molecular formula is C6H6O2. The SMILES string of the molecule is CC1=C(O)C(=O)C=C1. The number of carbonyl (C=O) groups is 1. The fraction of sp³-hybridized carbons (Fsp3) is 0.167. The molecule has 42 valence electrons. The summed E-state index contributed by atoms with van der Waals surface area (Å²) in [5, 5.41) is 8.73. The summed E-state index contributed by atoms with van der Waals surface area (Å²) in [6, 6.07) is 0. The minimum atomic E-state index is -0.289. The van der Waals surface area contributed by atoms with E-state index in [2.05, 4.69) is 0 Å². The predicted molar refractivity (Wildman–Crippen MR) is 29.5 cm³/mol. The molecule has 0 aromatic rings. The van der Waals surface area contributed by atoms with Crippen molar-refractivity contribution >= 4 is 5.78 Å². The molecule has 0 saturated heterocycles. The van der Waals surface area contributed by atoms with Crippen LogP contribution in [0.15, 0.2) is 23.5 Å². The van der Waals surface area contributed by atoms with Crippen LogP contribution in [-0.2, 0) is 4.79 Å². The highest BCUT2D eigenvalue weighted by Crippen LogP contribution is 2.10. The van der Waals surface area contributed by atoms with E-state index >= 15 is 0 Å². The zero-order chi connectivity index (χ0) is 6.15. The van der Waals surface area contributed by atoms with Crippen LogP contribution in [0, 0.1) is 0 Å². The number of ketones is 1. The van der Waals surface area contributed by atoms with Gasteiger partial charge >= 0.3 is 0 Å². The van der Waals surface area contributed by atoms with Gasteiger partial charge in [-0.2, -0.15) is 0 Å². The fourth-order valence-corrected chi connectivity index (χ4v) is 0.553. The first-order chi connectivity index (χ1) is 3.72. The monoisotopic (exact) mass is 110 g/mol. The molecule has 1 N–H and O–H groups in total. The van der Waals surface area contributed by atoms with E-state index in [0.29, 0.717) is 5.57 Å². The van der Waals surface area contributed by atoms with Crippen molar-refractivity contribution < 1.29 is 9.90 Å². The number of aliphatic hydroxyl groups excluding tert-OH is 1. The van der Waals surface area contributed by atoms with Crippen LogP contribution in [0.25, 0.3) is 0 Å². The molecule has 0 atom stereocenters. The van der Waals surface area contributed by atoms with Crippen LogP contribution in [0.3, 0.4) is 0 Å². The topological polar surface area (TPSA) is 37.3 Å². The Hall–Kier alpha value is -1.05. The van der Waals surface area contributed by atoms with Gasteiger partial charge in [-0.25, -0.2) is 0 Å². The number of allylic oxidation sites excluding steroid dienone is 3. The minimum absolute atomic E-state index is 0.120. The molecule has 0 bridgehead atoms. The van der Waals surface area contributed by atoms with Crippen LogP contribution in [0.1, 0.15) is 6.92 Å². The molecule has 0 saturated carbocycles. The average molecular weight is 110 g/mol. The lowest BCUT2D eigenvalue weighted by Crippen LogP contribution is -1.92. The molecule has 1 rings (SSSR count). The van der Waals surface area contributed by atoms with Crippen molar-refractivity contribution in [1.82, 2.24) is 0 Å². The summed E-state index contributed by atoms with van der Waals surface area (Å²) >= 11 is 0. The Morgan fingerprint density at radius 1 is 1.50 bits per heavy atom. The van der Waals surface area contributed by atoms with Crippen LogP contribution in [0.4, 0.5) is 0 Å². The maximum atomic E-state index is 10.4. The van der Waals surface area contributed by atoms with Gasteiger partial charge in [0.25, 0.3) is 0 Å². The molecule has 1 aliphatic carbocycles. The summed E-state index contributed by atoms with van der Waals surface area (Å²) in [7, 11) is 0. The standard InChI is InChI=1S/C6H6O2/c1-4-2-3-5(7)6(4)8/h2-3H,1H3,(H,7,8). The van der Waals surface area contributed by atoms with Gasteiger partial charge in [0.2, 0.25) is 5.78 Å². The Morgan fingerprint density at radius 2 is 2.12 bits per heavy atom. The van der Waals surface area contributed by atoms with Crippen LogP contribution in [0.2, 0.25) is 0 Å². The second-order valence-corrected chi connectivity index (χ2v) is 1.73. The van der Waals surface area contributed by atoms with Crippen LogP contribution in [0.5, 0.6) is 0 Å². The molecule has 0 aromatic carbocycles. The highest BCUT2D eigenvalue weighted by molar-refractivity contribution is 6.05. The van der Waals surface area contributed by atoms with Gasteiger partial charge in [-0.15, -0.1) is 0 Å². The van der Waals surface area contributed by atoms with Gasteiger partial charge in [-0.1, -0.05) is 6.08 Å². The van der Waals surface area contributed by atoms with Crippen LogP contribution in [-0.4, -0.2) is 10.9 Å². The van der Waals surface area contributed by atoms with Gasteiger partial charge in [0, 0.05) is 0 Å². The smallest absolute Gasteiger partial charge is 0.220 e. The largest absolute Gasteiger partial charge is 0.504 e. The lowest BCUT2D eigenvalue weighted by Gasteiger charge is -1.86. The van der Waals surface area contributed by atoms with E-state index in [1.165, 1.54) is 6.08 Å². The molecule has 2 nitrogen and oxygen atoms in total. The number of aliphatic hydroxyl groups is 1. The van der Waals surface area contributed by atoms with Crippen LogP contribution < -0.4 is 0 Å². The Bertz CT molecular complexity index is 183. The van der Waals surface area contributed by atoms with Crippen molar-refractivity contribution in [1.29, 1.82) is 0 Å². The molecule has 8 heavy (non-hydrogen) atoms. The molecule has 0 unspecified atom stereocenters. The normalized spacial score (nSPS) is 18.4. The summed E-state index contributed by atoms with van der Waals surface area (Å²) in [4.78, 5) is 10.4. The molecule has 0 amide bonds. The zero-order valence-electron chi connectivity index (χ0n) is 4.51. The summed E-state index contributed by atoms with van der Waals surface area (Å²) in [5.74, 6) is -0.410. The summed E-state index contributed by atoms with van der Waals surface area (Å²) in [6.45, 7) is 1.69. The first-order valence-electron chi connectivity index (χ1n) is 2.34. The van der Waals surface area contributed by atoms with Gasteiger partial charge in [0.1, 0.15) is 0 Å². The molecule has 0 aromatic heterocycles. The number of hydrogen-bond donors (Lipinski definition) is 1. The lowest BCUT2D eigenvalue weighted by molar-refractivity contribution is -0.113. The number of carbonyl (C=O) groups excluding carboxylic acids is 1. The van der Waals surface area contributed by atoms with Gasteiger partial charge in [0.05, 0.1) is 0 Å². The molecule has 0 radical (unpaired) electrons. The van der Waals surface area contributed by atoms with E-state index in [-0.39, 0.29) is 11.5 Å². The van der Waals surface area contributed by atoms with E-state index in [0.717, 1.165) is 0 Å². The third-order valence-corrected chi connectivity index (χ3v) is 1.09. The fourth-order valence-electron chi connectivity index (χ4n) is 0.553. The third-order valence-electron chi connectivity index (χ3n) is 1.09. The Kier molecular flexibility index (Phi) is 0.938. The molecule has 0 aliphatic heterocycles. The van der Waals surface area contributed by atoms with Gasteiger partial charge in [-0.3, -0.25) is 4.79 Å². The average Bonchev–Trinajstić information content (AvgIpc) is 1.98. The molecule has 0 fully saturated rings. The second-order valence-electron chi connectivity index (χ2n) is 1.73. The third kappa shape index (κ3) is 0.541. The Morgan fingerprint density at radius 3 is 2.25 bits per heavy atom. The second kappa shape index (κ2) is 1.47. The quantitative estimate of drug-likeness (QED) is 0.504. The van der Waals surface area contributed by atoms with Crippen molar-refractivity contribution in [2.75, 3.05) is 0 Å². The number of hydrogen-bond acceptors (Lipinski definition) is 2. The van der Waals surface area contributed by atoms with Crippen molar-refractivity contribution in [3.8, 4) is 0 Å². The van der Waals surface area contributed by atoms with E-state index in [4.69, 9.17) is 5.11 Å². The van der Waals surface area contributed by atoms with Crippen molar-refractivity contribution in [2.24, 2.45) is 0 Å².